The summed E-state index contributed by atoms with van der Waals surface area (Å²) in [5, 5.41) is 0.888. The Morgan fingerprint density at radius 3 is 2.33 bits per heavy atom. The zero-order chi connectivity index (χ0) is 11.9. The predicted octanol–water partition coefficient (Wildman–Crippen LogP) is 4.52. The Hall–Kier alpha value is 0.375. The normalized spacial score (nSPS) is 45.0. The molecule has 3 aliphatic carbocycles. The fraction of sp³-hybridized carbons (Fsp3) is 1.00. The second-order valence-electron chi connectivity index (χ2n) is 7.01. The maximum Gasteiger partial charge on any atom is 0.365 e. The van der Waals surface area contributed by atoms with E-state index in [0.29, 0.717) is 12.3 Å². The van der Waals surface area contributed by atoms with Crippen LogP contribution in [0.25, 0.3) is 0 Å². The van der Waals surface area contributed by atoms with Crippen molar-refractivity contribution >= 4 is 17.8 Å². The van der Waals surface area contributed by atoms with Crippen molar-refractivity contribution in [3.8, 4) is 0 Å². The topological polar surface area (TPSA) is 9.23 Å². The molecular weight excluding hydrogens is 239 g/mol. The Balaban J connectivity index is 1.41. The van der Waals surface area contributed by atoms with Crippen molar-refractivity contribution in [2.45, 2.75) is 81.4 Å². The average molecular weight is 264 g/mol. The van der Waals surface area contributed by atoms with Gasteiger partial charge in [-0.2, -0.15) is 11.6 Å². The number of hydrogen-bond acceptors (Lipinski definition) is 2. The Bertz CT molecular complexity index is 285. The van der Waals surface area contributed by atoms with Crippen LogP contribution in [0.15, 0.2) is 0 Å². The van der Waals surface area contributed by atoms with Gasteiger partial charge in [0.25, 0.3) is 0 Å². The zero-order valence-corrected chi connectivity index (χ0v) is 12.2. The first kappa shape index (κ1) is 12.1. The van der Waals surface area contributed by atoms with Gasteiger partial charge in [-0.05, 0) is 36.9 Å². The second kappa shape index (κ2) is 5.05. The molecule has 100 valence electrons. The first-order chi connectivity index (χ1) is 8.92. The molecule has 0 aromatic carbocycles. The van der Waals surface area contributed by atoms with Gasteiger partial charge >= 0.3 is 6.19 Å². The first-order valence-corrected chi connectivity index (χ1v) is 9.17. The van der Waals surface area contributed by atoms with E-state index in [1.165, 1.54) is 64.2 Å². The van der Waals surface area contributed by atoms with Crippen molar-refractivity contribution in [3.05, 3.63) is 0 Å². The van der Waals surface area contributed by atoms with Crippen LogP contribution in [0.2, 0.25) is 5.82 Å². The van der Waals surface area contributed by atoms with E-state index in [-0.39, 0.29) is 0 Å². The SMILES string of the molecule is C1CCCC(B2OC3C4CCC(C4)C3S2)CCC1. The molecule has 4 atom stereocenters. The zero-order valence-electron chi connectivity index (χ0n) is 11.4. The Morgan fingerprint density at radius 1 is 0.833 bits per heavy atom. The highest BCUT2D eigenvalue weighted by Crippen LogP contribution is 2.57. The summed E-state index contributed by atoms with van der Waals surface area (Å²) in [7, 11) is 0. The lowest BCUT2D eigenvalue weighted by Crippen LogP contribution is -2.28. The molecule has 0 spiro atoms. The minimum Gasteiger partial charge on any atom is -0.421 e. The van der Waals surface area contributed by atoms with Gasteiger partial charge in [0.05, 0.1) is 6.10 Å². The van der Waals surface area contributed by atoms with Crippen molar-refractivity contribution in [3.63, 3.8) is 0 Å². The van der Waals surface area contributed by atoms with Crippen LogP contribution in [0.1, 0.15) is 64.2 Å². The van der Waals surface area contributed by atoms with Gasteiger partial charge < -0.3 is 4.65 Å². The highest BCUT2D eigenvalue weighted by Gasteiger charge is 2.55. The molecule has 4 fully saturated rings. The molecule has 18 heavy (non-hydrogen) atoms. The molecule has 1 nitrogen and oxygen atoms in total. The van der Waals surface area contributed by atoms with Gasteiger partial charge in [-0.15, -0.1) is 0 Å². The third kappa shape index (κ3) is 2.06. The summed E-state index contributed by atoms with van der Waals surface area (Å²) in [4.78, 5) is 0. The molecule has 1 heterocycles. The van der Waals surface area contributed by atoms with Crippen molar-refractivity contribution < 1.29 is 4.65 Å². The van der Waals surface area contributed by atoms with Gasteiger partial charge in [0.2, 0.25) is 0 Å². The largest absolute Gasteiger partial charge is 0.421 e. The minimum absolute atomic E-state index is 0.571. The van der Waals surface area contributed by atoms with E-state index in [1.54, 1.807) is 0 Å². The van der Waals surface area contributed by atoms with E-state index in [1.807, 2.05) is 0 Å². The summed E-state index contributed by atoms with van der Waals surface area (Å²) in [5.74, 6) is 2.83. The standard InChI is InChI=1S/C15H25BOS/c1-2-4-6-13(7-5-3-1)16-17-14-11-8-9-12(10-11)15(14)18-16/h11-15H,1-10H2. The lowest BCUT2D eigenvalue weighted by molar-refractivity contribution is 0.154. The Labute approximate surface area is 116 Å². The van der Waals surface area contributed by atoms with Crippen molar-refractivity contribution in [2.75, 3.05) is 0 Å². The van der Waals surface area contributed by atoms with Gasteiger partial charge in [0.1, 0.15) is 0 Å². The smallest absolute Gasteiger partial charge is 0.365 e. The second-order valence-corrected chi connectivity index (χ2v) is 8.29. The molecule has 4 rings (SSSR count). The molecule has 1 aliphatic heterocycles. The summed E-state index contributed by atoms with van der Waals surface area (Å²) in [6.07, 6.45) is 15.9. The van der Waals surface area contributed by atoms with Crippen molar-refractivity contribution in [2.24, 2.45) is 11.8 Å². The molecular formula is C15H25BOS. The average Bonchev–Trinajstić information content (AvgIpc) is 3.00. The van der Waals surface area contributed by atoms with Crippen molar-refractivity contribution in [1.29, 1.82) is 0 Å². The molecule has 0 radical (unpaired) electrons. The minimum atomic E-state index is 0.571. The summed E-state index contributed by atoms with van der Waals surface area (Å²) in [6.45, 7) is 0. The lowest BCUT2D eigenvalue weighted by Gasteiger charge is -2.24. The fourth-order valence-electron chi connectivity index (χ4n) is 4.89. The van der Waals surface area contributed by atoms with Gasteiger partial charge in [-0.3, -0.25) is 0 Å². The van der Waals surface area contributed by atoms with E-state index in [9.17, 15) is 0 Å². The third-order valence-corrected chi connectivity index (χ3v) is 7.62. The summed E-state index contributed by atoms with van der Waals surface area (Å²) in [5.41, 5.74) is 0. The number of hydrogen-bond donors (Lipinski definition) is 0. The number of fused-ring (bicyclic) bond motifs is 5. The van der Waals surface area contributed by atoms with Gasteiger partial charge in [0, 0.05) is 5.25 Å². The van der Waals surface area contributed by atoms with E-state index in [0.717, 1.165) is 22.9 Å². The molecule has 3 saturated carbocycles. The lowest BCUT2D eigenvalue weighted by atomic mass is 9.70. The van der Waals surface area contributed by atoms with Crippen molar-refractivity contribution in [1.82, 2.24) is 0 Å². The van der Waals surface area contributed by atoms with E-state index < -0.39 is 0 Å². The monoisotopic (exact) mass is 264 g/mol. The van der Waals surface area contributed by atoms with E-state index in [4.69, 9.17) is 4.65 Å². The van der Waals surface area contributed by atoms with Crippen LogP contribution in [0, 0.1) is 11.8 Å². The first-order valence-electron chi connectivity index (χ1n) is 8.23. The maximum absolute atomic E-state index is 6.52. The highest BCUT2D eigenvalue weighted by molar-refractivity contribution is 8.25. The van der Waals surface area contributed by atoms with E-state index in [2.05, 4.69) is 11.6 Å². The molecule has 4 unspecified atom stereocenters. The predicted molar refractivity (Wildman–Crippen MR) is 78.9 cm³/mol. The summed E-state index contributed by atoms with van der Waals surface area (Å²) >= 11 is 2.24. The van der Waals surface area contributed by atoms with Crippen LogP contribution < -0.4 is 0 Å². The van der Waals surface area contributed by atoms with Gasteiger partial charge in [-0.25, -0.2) is 0 Å². The van der Waals surface area contributed by atoms with E-state index >= 15 is 0 Å². The molecule has 3 heteroatoms. The molecule has 0 N–H and O–H groups in total. The summed E-state index contributed by atoms with van der Waals surface area (Å²) < 4.78 is 6.52. The van der Waals surface area contributed by atoms with Crippen LogP contribution in [0.3, 0.4) is 0 Å². The Morgan fingerprint density at radius 2 is 1.56 bits per heavy atom. The van der Waals surface area contributed by atoms with Crippen LogP contribution in [0.4, 0.5) is 0 Å². The summed E-state index contributed by atoms with van der Waals surface area (Å²) in [6, 6.07) is 0. The number of rotatable bonds is 1. The third-order valence-electron chi connectivity index (χ3n) is 5.88. The molecule has 0 amide bonds. The van der Waals surface area contributed by atoms with Crippen LogP contribution in [-0.4, -0.2) is 17.5 Å². The highest BCUT2D eigenvalue weighted by atomic mass is 32.2. The molecule has 0 aromatic heterocycles. The fourth-order valence-corrected chi connectivity index (χ4v) is 6.79. The van der Waals surface area contributed by atoms with Crippen LogP contribution in [-0.2, 0) is 4.65 Å². The molecule has 2 bridgehead atoms. The maximum atomic E-state index is 6.52. The van der Waals surface area contributed by atoms with Gasteiger partial charge in [0.15, 0.2) is 0 Å². The van der Waals surface area contributed by atoms with Crippen LogP contribution >= 0.6 is 11.6 Å². The van der Waals surface area contributed by atoms with Crippen LogP contribution in [0.5, 0.6) is 0 Å². The molecule has 0 aromatic rings. The molecule has 1 saturated heterocycles. The Kier molecular flexibility index (Phi) is 3.41. The quantitative estimate of drug-likeness (QED) is 0.644. The molecule has 4 aliphatic rings. The van der Waals surface area contributed by atoms with Gasteiger partial charge in [-0.1, -0.05) is 44.9 Å².